The fourth-order valence-corrected chi connectivity index (χ4v) is 2.84. The molecule has 1 amide bonds. The van der Waals surface area contributed by atoms with E-state index in [0.29, 0.717) is 0 Å². The number of hydrogen-bond acceptors (Lipinski definition) is 3. The SMILES string of the molecule is CCCC1(C(=O)Nc2ccncc2C)CCCNC1. The van der Waals surface area contributed by atoms with E-state index in [2.05, 4.69) is 22.5 Å². The first-order chi connectivity index (χ1) is 9.18. The summed E-state index contributed by atoms with van der Waals surface area (Å²) in [7, 11) is 0. The van der Waals surface area contributed by atoms with E-state index in [1.807, 2.05) is 13.0 Å². The lowest BCUT2D eigenvalue weighted by molar-refractivity contribution is -0.127. The number of rotatable bonds is 4. The lowest BCUT2D eigenvalue weighted by Crippen LogP contribution is -2.48. The Bertz CT molecular complexity index is 433. The summed E-state index contributed by atoms with van der Waals surface area (Å²) in [6, 6.07) is 1.86. The molecule has 4 heteroatoms. The van der Waals surface area contributed by atoms with E-state index in [1.54, 1.807) is 12.4 Å². The number of piperidine rings is 1. The fourth-order valence-electron chi connectivity index (χ4n) is 2.84. The first kappa shape index (κ1) is 14.0. The van der Waals surface area contributed by atoms with E-state index in [4.69, 9.17) is 0 Å². The van der Waals surface area contributed by atoms with Crippen molar-refractivity contribution >= 4 is 11.6 Å². The number of carbonyl (C=O) groups is 1. The van der Waals surface area contributed by atoms with Gasteiger partial charge in [0.15, 0.2) is 0 Å². The molecule has 1 atom stereocenters. The van der Waals surface area contributed by atoms with Crippen LogP contribution in [-0.4, -0.2) is 24.0 Å². The van der Waals surface area contributed by atoms with Crippen LogP contribution in [0.4, 0.5) is 5.69 Å². The van der Waals surface area contributed by atoms with Gasteiger partial charge in [0.1, 0.15) is 0 Å². The maximum Gasteiger partial charge on any atom is 0.231 e. The molecule has 1 aromatic heterocycles. The van der Waals surface area contributed by atoms with Crippen LogP contribution in [0, 0.1) is 12.3 Å². The van der Waals surface area contributed by atoms with Crippen LogP contribution in [0.1, 0.15) is 38.2 Å². The molecule has 0 spiro atoms. The summed E-state index contributed by atoms with van der Waals surface area (Å²) < 4.78 is 0. The van der Waals surface area contributed by atoms with Crippen molar-refractivity contribution in [2.24, 2.45) is 5.41 Å². The Morgan fingerprint density at radius 3 is 3.05 bits per heavy atom. The second kappa shape index (κ2) is 6.15. The van der Waals surface area contributed by atoms with Gasteiger partial charge in [-0.1, -0.05) is 13.3 Å². The highest BCUT2D eigenvalue weighted by atomic mass is 16.2. The molecule has 104 valence electrons. The summed E-state index contributed by atoms with van der Waals surface area (Å²) in [5.41, 5.74) is 1.63. The second-order valence-corrected chi connectivity index (χ2v) is 5.46. The highest BCUT2D eigenvalue weighted by Gasteiger charge is 2.38. The van der Waals surface area contributed by atoms with Crippen LogP contribution in [0.3, 0.4) is 0 Å². The van der Waals surface area contributed by atoms with Crippen LogP contribution < -0.4 is 10.6 Å². The van der Waals surface area contributed by atoms with Crippen molar-refractivity contribution in [3.05, 3.63) is 24.0 Å². The Morgan fingerprint density at radius 2 is 2.42 bits per heavy atom. The number of aryl methyl sites for hydroxylation is 1. The third-order valence-electron chi connectivity index (χ3n) is 3.95. The summed E-state index contributed by atoms with van der Waals surface area (Å²) >= 11 is 0. The summed E-state index contributed by atoms with van der Waals surface area (Å²) in [6.07, 6.45) is 7.52. The standard InChI is InChI=1S/C15H23N3O/c1-3-6-15(7-4-8-17-11-15)14(19)18-13-5-9-16-10-12(13)2/h5,9-10,17H,3-4,6-8,11H2,1-2H3,(H,16,18,19). The van der Waals surface area contributed by atoms with Gasteiger partial charge in [0, 0.05) is 24.6 Å². The van der Waals surface area contributed by atoms with Gasteiger partial charge >= 0.3 is 0 Å². The van der Waals surface area contributed by atoms with Gasteiger partial charge in [-0.2, -0.15) is 0 Å². The van der Waals surface area contributed by atoms with Crippen molar-refractivity contribution in [1.82, 2.24) is 10.3 Å². The van der Waals surface area contributed by atoms with E-state index in [-0.39, 0.29) is 11.3 Å². The predicted molar refractivity (Wildman–Crippen MR) is 77.0 cm³/mol. The van der Waals surface area contributed by atoms with Crippen molar-refractivity contribution in [1.29, 1.82) is 0 Å². The van der Waals surface area contributed by atoms with Crippen LogP contribution in [0.25, 0.3) is 0 Å². The zero-order valence-corrected chi connectivity index (χ0v) is 11.8. The second-order valence-electron chi connectivity index (χ2n) is 5.46. The minimum Gasteiger partial charge on any atom is -0.325 e. The van der Waals surface area contributed by atoms with Gasteiger partial charge in [0.2, 0.25) is 5.91 Å². The molecule has 2 N–H and O–H groups in total. The van der Waals surface area contributed by atoms with Crippen LogP contribution in [0.5, 0.6) is 0 Å². The molecule has 2 rings (SSSR count). The molecular formula is C15H23N3O. The molecule has 1 saturated heterocycles. The lowest BCUT2D eigenvalue weighted by atomic mass is 9.76. The number of nitrogens with zero attached hydrogens (tertiary/aromatic N) is 1. The van der Waals surface area contributed by atoms with E-state index >= 15 is 0 Å². The maximum absolute atomic E-state index is 12.7. The van der Waals surface area contributed by atoms with Gasteiger partial charge in [-0.05, 0) is 44.4 Å². The number of nitrogens with one attached hydrogen (secondary N) is 2. The molecular weight excluding hydrogens is 238 g/mol. The summed E-state index contributed by atoms with van der Waals surface area (Å²) in [5, 5.41) is 6.46. The number of carbonyl (C=O) groups excluding carboxylic acids is 1. The monoisotopic (exact) mass is 261 g/mol. The highest BCUT2D eigenvalue weighted by Crippen LogP contribution is 2.33. The fraction of sp³-hybridized carbons (Fsp3) is 0.600. The summed E-state index contributed by atoms with van der Waals surface area (Å²) in [5.74, 6) is 0.149. The quantitative estimate of drug-likeness (QED) is 0.875. The normalized spacial score (nSPS) is 23.1. The van der Waals surface area contributed by atoms with Crippen molar-refractivity contribution < 1.29 is 4.79 Å². The minimum absolute atomic E-state index is 0.149. The molecule has 4 nitrogen and oxygen atoms in total. The van der Waals surface area contributed by atoms with Gasteiger partial charge in [-0.25, -0.2) is 0 Å². The van der Waals surface area contributed by atoms with Crippen molar-refractivity contribution in [2.75, 3.05) is 18.4 Å². The van der Waals surface area contributed by atoms with Gasteiger partial charge in [-0.15, -0.1) is 0 Å². The average Bonchev–Trinajstić information content (AvgIpc) is 2.42. The van der Waals surface area contributed by atoms with Crippen LogP contribution in [0.2, 0.25) is 0 Å². The predicted octanol–water partition coefficient (Wildman–Crippen LogP) is 2.50. The topological polar surface area (TPSA) is 54.0 Å². The Kier molecular flexibility index (Phi) is 4.53. The largest absolute Gasteiger partial charge is 0.325 e. The lowest BCUT2D eigenvalue weighted by Gasteiger charge is -2.36. The Labute approximate surface area is 115 Å². The molecule has 0 bridgehead atoms. The van der Waals surface area contributed by atoms with Crippen LogP contribution in [-0.2, 0) is 4.79 Å². The van der Waals surface area contributed by atoms with Crippen LogP contribution >= 0.6 is 0 Å². The van der Waals surface area contributed by atoms with Gasteiger partial charge in [0.05, 0.1) is 5.41 Å². The summed E-state index contributed by atoms with van der Waals surface area (Å²) in [4.78, 5) is 16.7. The molecule has 0 radical (unpaired) electrons. The molecule has 1 aromatic rings. The Hall–Kier alpha value is -1.42. The number of amides is 1. The molecule has 1 aliphatic rings. The minimum atomic E-state index is -0.247. The molecule has 19 heavy (non-hydrogen) atoms. The van der Waals surface area contributed by atoms with Gasteiger partial charge in [-0.3, -0.25) is 9.78 Å². The van der Waals surface area contributed by atoms with E-state index in [0.717, 1.165) is 50.0 Å². The van der Waals surface area contributed by atoms with Crippen molar-refractivity contribution in [3.8, 4) is 0 Å². The van der Waals surface area contributed by atoms with Crippen molar-refractivity contribution in [2.45, 2.75) is 39.5 Å². The number of hydrogen-bond donors (Lipinski definition) is 2. The smallest absolute Gasteiger partial charge is 0.231 e. The summed E-state index contributed by atoms with van der Waals surface area (Å²) in [6.45, 7) is 5.92. The third kappa shape index (κ3) is 3.13. The average molecular weight is 261 g/mol. The molecule has 2 heterocycles. The van der Waals surface area contributed by atoms with E-state index in [1.165, 1.54) is 0 Å². The number of pyridine rings is 1. The third-order valence-corrected chi connectivity index (χ3v) is 3.95. The first-order valence-electron chi connectivity index (χ1n) is 7.11. The number of aromatic nitrogens is 1. The zero-order valence-electron chi connectivity index (χ0n) is 11.8. The van der Waals surface area contributed by atoms with Crippen LogP contribution in [0.15, 0.2) is 18.5 Å². The Balaban J connectivity index is 2.14. The van der Waals surface area contributed by atoms with Gasteiger partial charge < -0.3 is 10.6 Å². The molecule has 0 aliphatic carbocycles. The maximum atomic E-state index is 12.7. The molecule has 1 aliphatic heterocycles. The molecule has 1 unspecified atom stereocenters. The van der Waals surface area contributed by atoms with E-state index in [9.17, 15) is 4.79 Å². The zero-order chi connectivity index (χ0) is 13.7. The molecule has 0 saturated carbocycles. The molecule has 1 fully saturated rings. The molecule has 0 aromatic carbocycles. The first-order valence-corrected chi connectivity index (χ1v) is 7.11. The van der Waals surface area contributed by atoms with Crippen molar-refractivity contribution in [3.63, 3.8) is 0 Å². The number of anilines is 1. The highest BCUT2D eigenvalue weighted by molar-refractivity contribution is 5.96. The van der Waals surface area contributed by atoms with Gasteiger partial charge in [0.25, 0.3) is 0 Å². The van der Waals surface area contributed by atoms with E-state index < -0.39 is 0 Å². The Morgan fingerprint density at radius 1 is 1.58 bits per heavy atom.